The average Bonchev–Trinajstić information content (AvgIpc) is 2.40. The van der Waals surface area contributed by atoms with Gasteiger partial charge in [0.1, 0.15) is 5.69 Å². The summed E-state index contributed by atoms with van der Waals surface area (Å²) in [4.78, 5) is 23.8. The largest absolute Gasteiger partial charge is 0.334 e. The average molecular weight is 276 g/mol. The first-order valence-corrected chi connectivity index (χ1v) is 5.95. The summed E-state index contributed by atoms with van der Waals surface area (Å²) in [5.41, 5.74) is 1.06. The number of hydrogen-bond donors (Lipinski definition) is 2. The van der Waals surface area contributed by atoms with Crippen LogP contribution < -0.4 is 11.4 Å². The van der Waals surface area contributed by atoms with E-state index in [0.717, 1.165) is 10.2 Å². The van der Waals surface area contributed by atoms with Crippen LogP contribution >= 0.6 is 12.2 Å². The minimum Gasteiger partial charge on any atom is -0.334 e. The lowest BCUT2D eigenvalue weighted by molar-refractivity contribution is 0.0991. The molecule has 0 atom stereocenters. The van der Waals surface area contributed by atoms with Crippen molar-refractivity contribution >= 4 is 18.0 Å². The molecular formula is C12H12N4O2S. The number of carbonyl (C=O) groups excluding carboxylic acids is 1. The number of aromatic nitrogens is 3. The smallest absolute Gasteiger partial charge is 0.295 e. The number of carbonyl (C=O) groups is 1. The summed E-state index contributed by atoms with van der Waals surface area (Å²) >= 11 is 4.76. The molecule has 0 aliphatic rings. The molecule has 0 unspecified atom stereocenters. The minimum absolute atomic E-state index is 0.0107. The molecule has 0 bridgehead atoms. The zero-order valence-corrected chi connectivity index (χ0v) is 11.0. The van der Waals surface area contributed by atoms with E-state index < -0.39 is 5.56 Å². The van der Waals surface area contributed by atoms with Crippen molar-refractivity contribution in [1.82, 2.24) is 14.9 Å². The number of nitrogens with one attached hydrogen (secondary N) is 1. The highest BCUT2D eigenvalue weighted by Crippen LogP contribution is 2.06. The number of nitrogen functional groups attached to an aromatic ring is 1. The summed E-state index contributed by atoms with van der Waals surface area (Å²) in [6.07, 6.45) is -0.120. The molecule has 6 nitrogen and oxygen atoms in total. The standard InChI is InChI=1S/C12H12N4O2S/c1-7-2-4-8(5-3-7)10(17)6-9-11(18)16(13)12(19)15-14-9/h2-5H,6,13H2,1H3,(H,15,19). The number of Topliss-reactive ketones (excluding diaryl/α,β-unsaturated/α-hetero) is 1. The van der Waals surface area contributed by atoms with Gasteiger partial charge in [-0.2, -0.15) is 9.77 Å². The first-order chi connectivity index (χ1) is 8.99. The molecule has 0 fully saturated rings. The topological polar surface area (TPSA) is 93.8 Å². The van der Waals surface area contributed by atoms with E-state index in [1.165, 1.54) is 0 Å². The fraction of sp³-hybridized carbons (Fsp3) is 0.167. The highest BCUT2D eigenvalue weighted by atomic mass is 32.1. The number of H-pyrrole nitrogens is 1. The molecule has 0 radical (unpaired) electrons. The van der Waals surface area contributed by atoms with E-state index in [-0.39, 0.29) is 22.7 Å². The highest BCUT2D eigenvalue weighted by Gasteiger charge is 2.12. The maximum atomic E-state index is 12.0. The van der Waals surface area contributed by atoms with Crippen LogP contribution in [0, 0.1) is 11.7 Å². The van der Waals surface area contributed by atoms with E-state index in [1.807, 2.05) is 19.1 Å². The maximum Gasteiger partial charge on any atom is 0.295 e. The van der Waals surface area contributed by atoms with E-state index >= 15 is 0 Å². The Hall–Kier alpha value is -2.28. The van der Waals surface area contributed by atoms with Gasteiger partial charge in [-0.3, -0.25) is 14.7 Å². The monoisotopic (exact) mass is 276 g/mol. The molecule has 0 amide bonds. The number of rotatable bonds is 3. The number of nitrogens with zero attached hydrogens (tertiary/aromatic N) is 2. The molecule has 0 saturated carbocycles. The number of benzene rings is 1. The van der Waals surface area contributed by atoms with Crippen molar-refractivity contribution in [3.05, 3.63) is 56.2 Å². The van der Waals surface area contributed by atoms with E-state index in [9.17, 15) is 9.59 Å². The molecule has 2 aromatic rings. The van der Waals surface area contributed by atoms with Crippen molar-refractivity contribution in [2.24, 2.45) is 0 Å². The molecule has 2 rings (SSSR count). The van der Waals surface area contributed by atoms with E-state index in [1.54, 1.807) is 12.1 Å². The van der Waals surface area contributed by atoms with Gasteiger partial charge in [0.05, 0.1) is 6.42 Å². The predicted octanol–water partition coefficient (Wildman–Crippen LogP) is 0.749. The molecule has 19 heavy (non-hydrogen) atoms. The van der Waals surface area contributed by atoms with Gasteiger partial charge < -0.3 is 5.84 Å². The van der Waals surface area contributed by atoms with Crippen LogP contribution in [0.2, 0.25) is 0 Å². The SMILES string of the molecule is Cc1ccc(C(=O)Cc2n[nH]c(=S)n(N)c2=O)cc1. The van der Waals surface area contributed by atoms with Crippen LogP contribution in [0.4, 0.5) is 0 Å². The van der Waals surface area contributed by atoms with Gasteiger partial charge in [-0.05, 0) is 19.1 Å². The van der Waals surface area contributed by atoms with Gasteiger partial charge in [0.25, 0.3) is 5.56 Å². The van der Waals surface area contributed by atoms with Gasteiger partial charge in [0, 0.05) is 5.56 Å². The second-order valence-electron chi connectivity index (χ2n) is 4.12. The van der Waals surface area contributed by atoms with Crippen molar-refractivity contribution < 1.29 is 4.79 Å². The Labute approximate surface area is 113 Å². The Kier molecular flexibility index (Phi) is 3.57. The molecule has 0 saturated heterocycles. The minimum atomic E-state index is -0.566. The molecule has 7 heteroatoms. The molecule has 1 aromatic carbocycles. The number of aryl methyl sites for hydroxylation is 1. The number of aromatic amines is 1. The van der Waals surface area contributed by atoms with Crippen molar-refractivity contribution in [3.63, 3.8) is 0 Å². The third-order valence-electron chi connectivity index (χ3n) is 2.67. The summed E-state index contributed by atoms with van der Waals surface area (Å²) in [6.45, 7) is 1.93. The molecule has 0 aliphatic carbocycles. The first kappa shape index (κ1) is 13.2. The van der Waals surface area contributed by atoms with Crippen LogP contribution in [0.5, 0.6) is 0 Å². The van der Waals surface area contributed by atoms with Gasteiger partial charge in [-0.15, -0.1) is 0 Å². The molecule has 1 aromatic heterocycles. The van der Waals surface area contributed by atoms with Gasteiger partial charge in [0.15, 0.2) is 5.78 Å². The maximum absolute atomic E-state index is 12.0. The Morgan fingerprint density at radius 3 is 2.68 bits per heavy atom. The van der Waals surface area contributed by atoms with Crippen molar-refractivity contribution in [1.29, 1.82) is 0 Å². The second kappa shape index (κ2) is 5.15. The Bertz CT molecular complexity index is 731. The van der Waals surface area contributed by atoms with Crippen LogP contribution in [0.1, 0.15) is 21.6 Å². The summed E-state index contributed by atoms with van der Waals surface area (Å²) in [6, 6.07) is 7.09. The third-order valence-corrected chi connectivity index (χ3v) is 2.96. The molecule has 0 spiro atoms. The van der Waals surface area contributed by atoms with Crippen LogP contribution in [-0.4, -0.2) is 20.7 Å². The van der Waals surface area contributed by atoms with E-state index in [2.05, 4.69) is 10.2 Å². The molecule has 1 heterocycles. The Morgan fingerprint density at radius 2 is 2.05 bits per heavy atom. The normalized spacial score (nSPS) is 10.4. The predicted molar refractivity (Wildman–Crippen MR) is 73.0 cm³/mol. The van der Waals surface area contributed by atoms with Crippen LogP contribution in [0.15, 0.2) is 29.1 Å². The Morgan fingerprint density at radius 1 is 1.42 bits per heavy atom. The number of hydrogen-bond acceptors (Lipinski definition) is 5. The zero-order chi connectivity index (χ0) is 14.0. The number of ketones is 1. The molecule has 0 aliphatic heterocycles. The number of nitrogens with two attached hydrogens (primary N) is 1. The summed E-state index contributed by atoms with van der Waals surface area (Å²) < 4.78 is 0.775. The summed E-state index contributed by atoms with van der Waals surface area (Å²) in [5, 5.41) is 6.18. The molecular weight excluding hydrogens is 264 g/mol. The highest BCUT2D eigenvalue weighted by molar-refractivity contribution is 7.71. The molecule has 3 N–H and O–H groups in total. The second-order valence-corrected chi connectivity index (χ2v) is 4.50. The zero-order valence-electron chi connectivity index (χ0n) is 10.2. The summed E-state index contributed by atoms with van der Waals surface area (Å²) in [5.74, 6) is 5.24. The van der Waals surface area contributed by atoms with Crippen LogP contribution in [0.25, 0.3) is 0 Å². The van der Waals surface area contributed by atoms with Crippen LogP contribution in [-0.2, 0) is 6.42 Å². The van der Waals surface area contributed by atoms with Crippen LogP contribution in [0.3, 0.4) is 0 Å². The quantitative estimate of drug-likeness (QED) is 0.490. The lowest BCUT2D eigenvalue weighted by atomic mass is 10.1. The third kappa shape index (κ3) is 2.76. The van der Waals surface area contributed by atoms with Crippen molar-refractivity contribution in [3.8, 4) is 0 Å². The van der Waals surface area contributed by atoms with Gasteiger partial charge >= 0.3 is 0 Å². The fourth-order valence-electron chi connectivity index (χ4n) is 1.56. The first-order valence-electron chi connectivity index (χ1n) is 5.54. The summed E-state index contributed by atoms with van der Waals surface area (Å²) in [7, 11) is 0. The van der Waals surface area contributed by atoms with E-state index in [4.69, 9.17) is 18.1 Å². The van der Waals surface area contributed by atoms with Gasteiger partial charge in [-0.1, -0.05) is 29.8 Å². The Balaban J connectivity index is 2.29. The van der Waals surface area contributed by atoms with E-state index in [0.29, 0.717) is 5.56 Å². The molecule has 98 valence electrons. The fourth-order valence-corrected chi connectivity index (χ4v) is 1.69. The van der Waals surface area contributed by atoms with Gasteiger partial charge in [-0.25, -0.2) is 0 Å². The lowest BCUT2D eigenvalue weighted by Gasteiger charge is -2.03. The van der Waals surface area contributed by atoms with Crippen molar-refractivity contribution in [2.45, 2.75) is 13.3 Å². The van der Waals surface area contributed by atoms with Crippen molar-refractivity contribution in [2.75, 3.05) is 5.84 Å². The lowest BCUT2D eigenvalue weighted by Crippen LogP contribution is -2.33. The van der Waals surface area contributed by atoms with Gasteiger partial charge in [0.2, 0.25) is 4.77 Å².